The van der Waals surface area contributed by atoms with Crippen LogP contribution < -0.4 is 10.2 Å². The van der Waals surface area contributed by atoms with Gasteiger partial charge in [0.1, 0.15) is 11.8 Å². The van der Waals surface area contributed by atoms with E-state index in [1.807, 2.05) is 29.7 Å². The lowest BCUT2D eigenvalue weighted by molar-refractivity contribution is -0.121. The Bertz CT molecular complexity index is 459. The molecule has 4 heteroatoms. The van der Waals surface area contributed by atoms with Crippen LogP contribution in [0.4, 0.5) is 0 Å². The maximum atomic E-state index is 11.4. The van der Waals surface area contributed by atoms with E-state index in [0.717, 1.165) is 24.3 Å². The molecular formula is C21H35NO3. The Morgan fingerprint density at radius 1 is 0.960 bits per heavy atom. The third-order valence-electron chi connectivity index (χ3n) is 4.52. The third-order valence-corrected chi connectivity index (χ3v) is 4.52. The molecule has 142 valence electrons. The molecule has 0 spiro atoms. The second-order valence-corrected chi connectivity index (χ2v) is 6.77. The highest BCUT2D eigenvalue weighted by atomic mass is 16.5. The number of ether oxygens (including phenoxy) is 1. The fourth-order valence-electron chi connectivity index (χ4n) is 2.94. The molecule has 0 bridgehead atoms. The topological polar surface area (TPSA) is 58.6 Å². The molecule has 0 heterocycles. The largest absolute Gasteiger partial charge is 0.494 e. The zero-order valence-electron chi connectivity index (χ0n) is 15.9. The molecule has 2 N–H and O–H groups in total. The van der Waals surface area contributed by atoms with E-state index >= 15 is 0 Å². The van der Waals surface area contributed by atoms with Gasteiger partial charge in [-0.3, -0.25) is 4.79 Å². The van der Waals surface area contributed by atoms with Crippen LogP contribution in [0.1, 0.15) is 89.7 Å². The van der Waals surface area contributed by atoms with Crippen LogP contribution in [0.3, 0.4) is 0 Å². The quantitative estimate of drug-likeness (QED) is 0.320. The van der Waals surface area contributed by atoms with E-state index in [0.29, 0.717) is 0 Å². The Labute approximate surface area is 152 Å². The molecule has 1 aromatic rings. The van der Waals surface area contributed by atoms with Gasteiger partial charge in [0.05, 0.1) is 6.61 Å². The van der Waals surface area contributed by atoms with Crippen LogP contribution in [0.15, 0.2) is 24.3 Å². The number of carbonyl (C=O) groups excluding carboxylic acids is 1. The Balaban J connectivity index is 2.07. The lowest BCUT2D eigenvalue weighted by Crippen LogP contribution is -2.23. The van der Waals surface area contributed by atoms with Crippen LogP contribution in [0.2, 0.25) is 0 Å². The fraction of sp³-hybridized carbons (Fsp3) is 0.667. The van der Waals surface area contributed by atoms with Gasteiger partial charge in [0.25, 0.3) is 0 Å². The summed E-state index contributed by atoms with van der Waals surface area (Å²) in [5.41, 5.74) is 2.77. The van der Waals surface area contributed by atoms with Gasteiger partial charge in [-0.1, -0.05) is 76.8 Å². The Kier molecular flexibility index (Phi) is 12.0. The van der Waals surface area contributed by atoms with E-state index in [2.05, 4.69) is 6.92 Å². The van der Waals surface area contributed by atoms with Gasteiger partial charge in [0.2, 0.25) is 0 Å². The second kappa shape index (κ2) is 13.9. The molecule has 0 fully saturated rings. The number of hydrogen-bond donors (Lipinski definition) is 2. The molecule has 0 aliphatic heterocycles. The van der Waals surface area contributed by atoms with E-state index in [-0.39, 0.29) is 5.78 Å². The summed E-state index contributed by atoms with van der Waals surface area (Å²) in [7, 11) is 0. The first kappa shape index (κ1) is 21.7. The predicted molar refractivity (Wildman–Crippen MR) is 102 cm³/mol. The van der Waals surface area contributed by atoms with Crippen molar-refractivity contribution < 1.29 is 14.7 Å². The summed E-state index contributed by atoms with van der Waals surface area (Å²) < 4.78 is 5.74. The van der Waals surface area contributed by atoms with Gasteiger partial charge >= 0.3 is 0 Å². The number of ketones is 1. The molecule has 0 radical (unpaired) electrons. The average Bonchev–Trinajstić information content (AvgIpc) is 2.61. The van der Waals surface area contributed by atoms with E-state index in [1.54, 1.807) is 0 Å². The van der Waals surface area contributed by atoms with Crippen LogP contribution in [0.5, 0.6) is 5.75 Å². The number of rotatable bonds is 15. The smallest absolute Gasteiger partial charge is 0.153 e. The summed E-state index contributed by atoms with van der Waals surface area (Å²) in [5, 5.41) is 9.03. The SMILES string of the molecule is CCCCCCCCCCCCOc1ccc(C(NO)C(C)=O)cc1. The normalized spacial score (nSPS) is 12.1. The summed E-state index contributed by atoms with van der Waals surface area (Å²) in [6.07, 6.45) is 13.1. The number of hydrogen-bond acceptors (Lipinski definition) is 4. The molecule has 1 unspecified atom stereocenters. The van der Waals surface area contributed by atoms with E-state index in [1.165, 1.54) is 64.7 Å². The molecular weight excluding hydrogens is 314 g/mol. The minimum atomic E-state index is -0.670. The molecule has 25 heavy (non-hydrogen) atoms. The lowest BCUT2D eigenvalue weighted by Gasteiger charge is -2.13. The predicted octanol–water partition coefficient (Wildman–Crippen LogP) is 5.60. The van der Waals surface area contributed by atoms with E-state index < -0.39 is 6.04 Å². The average molecular weight is 350 g/mol. The van der Waals surface area contributed by atoms with Crippen LogP contribution in [-0.4, -0.2) is 17.6 Å². The number of nitrogens with one attached hydrogen (secondary N) is 1. The van der Waals surface area contributed by atoms with E-state index in [9.17, 15) is 4.79 Å². The van der Waals surface area contributed by atoms with E-state index in [4.69, 9.17) is 9.94 Å². The summed E-state index contributed by atoms with van der Waals surface area (Å²) >= 11 is 0. The van der Waals surface area contributed by atoms with Crippen molar-refractivity contribution in [2.24, 2.45) is 0 Å². The summed E-state index contributed by atoms with van der Waals surface area (Å²) in [6, 6.07) is 6.64. The maximum absolute atomic E-state index is 11.4. The van der Waals surface area contributed by atoms with Gasteiger partial charge < -0.3 is 9.94 Å². The molecule has 0 saturated carbocycles. The van der Waals surface area contributed by atoms with Crippen molar-refractivity contribution in [3.05, 3.63) is 29.8 Å². The molecule has 0 saturated heterocycles. The van der Waals surface area contributed by atoms with Crippen LogP contribution in [0.25, 0.3) is 0 Å². The number of hydroxylamine groups is 1. The zero-order chi connectivity index (χ0) is 18.3. The van der Waals surface area contributed by atoms with Gasteiger partial charge in [-0.15, -0.1) is 0 Å². The molecule has 0 aromatic heterocycles. The summed E-state index contributed by atoms with van der Waals surface area (Å²) in [4.78, 5) is 11.4. The molecule has 1 aromatic carbocycles. The van der Waals surface area contributed by atoms with Crippen molar-refractivity contribution in [1.82, 2.24) is 5.48 Å². The number of benzene rings is 1. The number of carbonyl (C=O) groups is 1. The highest BCUT2D eigenvalue weighted by molar-refractivity contribution is 5.82. The highest BCUT2D eigenvalue weighted by Gasteiger charge is 2.14. The standard InChI is InChI=1S/C21H35NO3/c1-3-4-5-6-7-8-9-10-11-12-17-25-20-15-13-19(14-16-20)21(22-24)18(2)23/h13-16,21-22,24H,3-12,17H2,1-2H3. The van der Waals surface area contributed by atoms with Crippen molar-refractivity contribution in [3.8, 4) is 5.75 Å². The maximum Gasteiger partial charge on any atom is 0.153 e. The monoisotopic (exact) mass is 349 g/mol. The second-order valence-electron chi connectivity index (χ2n) is 6.77. The first-order valence-electron chi connectivity index (χ1n) is 9.82. The fourth-order valence-corrected chi connectivity index (χ4v) is 2.94. The zero-order valence-corrected chi connectivity index (χ0v) is 15.9. The Hall–Kier alpha value is -1.39. The first-order valence-corrected chi connectivity index (χ1v) is 9.82. The number of Topliss-reactive ketones (excluding diaryl/α,β-unsaturated/α-hetero) is 1. The van der Waals surface area contributed by atoms with Gasteiger partial charge in [0, 0.05) is 0 Å². The van der Waals surface area contributed by atoms with Crippen LogP contribution >= 0.6 is 0 Å². The lowest BCUT2D eigenvalue weighted by atomic mass is 10.0. The van der Waals surface area contributed by atoms with Crippen molar-refractivity contribution in [1.29, 1.82) is 0 Å². The minimum Gasteiger partial charge on any atom is -0.494 e. The molecule has 4 nitrogen and oxygen atoms in total. The van der Waals surface area contributed by atoms with Gasteiger partial charge in [0.15, 0.2) is 5.78 Å². The molecule has 1 atom stereocenters. The molecule has 0 amide bonds. The Morgan fingerprint density at radius 2 is 1.48 bits per heavy atom. The van der Waals surface area contributed by atoms with Gasteiger partial charge in [-0.25, -0.2) is 0 Å². The molecule has 0 aliphatic carbocycles. The van der Waals surface area contributed by atoms with Crippen LogP contribution in [-0.2, 0) is 4.79 Å². The first-order chi connectivity index (χ1) is 12.2. The van der Waals surface area contributed by atoms with Gasteiger partial charge in [-0.2, -0.15) is 5.48 Å². The Morgan fingerprint density at radius 3 is 1.96 bits per heavy atom. The van der Waals surface area contributed by atoms with Crippen molar-refractivity contribution in [3.63, 3.8) is 0 Å². The van der Waals surface area contributed by atoms with Crippen molar-refractivity contribution in [2.45, 2.75) is 84.1 Å². The number of unbranched alkanes of at least 4 members (excludes halogenated alkanes) is 9. The summed E-state index contributed by atoms with van der Waals surface area (Å²) in [6.45, 7) is 4.43. The minimum absolute atomic E-state index is 0.124. The van der Waals surface area contributed by atoms with Gasteiger partial charge in [-0.05, 0) is 31.0 Å². The molecule has 0 aliphatic rings. The van der Waals surface area contributed by atoms with Crippen molar-refractivity contribution in [2.75, 3.05) is 6.61 Å². The summed E-state index contributed by atoms with van der Waals surface area (Å²) in [5.74, 6) is 0.682. The third kappa shape index (κ3) is 9.61. The molecule has 1 rings (SSSR count). The van der Waals surface area contributed by atoms with Crippen molar-refractivity contribution >= 4 is 5.78 Å². The van der Waals surface area contributed by atoms with Crippen LogP contribution in [0, 0.1) is 0 Å². The highest BCUT2D eigenvalue weighted by Crippen LogP contribution is 2.19.